The van der Waals surface area contributed by atoms with E-state index < -0.39 is 23.5 Å². The van der Waals surface area contributed by atoms with Gasteiger partial charge in [-0.15, -0.1) is 16.4 Å². The molecule has 0 fully saturated rings. The zero-order valence-corrected chi connectivity index (χ0v) is 14.3. The van der Waals surface area contributed by atoms with E-state index in [1.807, 2.05) is 0 Å². The van der Waals surface area contributed by atoms with E-state index in [4.69, 9.17) is 0 Å². The molecule has 0 aliphatic carbocycles. The van der Waals surface area contributed by atoms with Crippen molar-refractivity contribution in [3.8, 4) is 11.3 Å². The van der Waals surface area contributed by atoms with Crippen molar-refractivity contribution in [2.45, 2.75) is 21.8 Å². The highest BCUT2D eigenvalue weighted by Gasteiger charge is 2.37. The molecule has 138 valence electrons. The molecule has 0 atom stereocenters. The van der Waals surface area contributed by atoms with E-state index in [1.54, 1.807) is 7.05 Å². The summed E-state index contributed by atoms with van der Waals surface area (Å²) in [4.78, 5) is 4.08. The van der Waals surface area contributed by atoms with Crippen molar-refractivity contribution in [1.29, 1.82) is 0 Å². The molecule has 5 nitrogen and oxygen atoms in total. The van der Waals surface area contributed by atoms with Crippen LogP contribution in [-0.4, -0.2) is 25.2 Å². The summed E-state index contributed by atoms with van der Waals surface area (Å²) in [6, 6.07) is 1.36. The van der Waals surface area contributed by atoms with E-state index in [0.29, 0.717) is 21.6 Å². The Morgan fingerprint density at radius 3 is 2.12 bits per heavy atom. The molecule has 0 spiro atoms. The van der Waals surface area contributed by atoms with Crippen molar-refractivity contribution in [2.75, 3.05) is 0 Å². The van der Waals surface area contributed by atoms with Gasteiger partial charge in [-0.2, -0.15) is 26.3 Å². The number of benzene rings is 1. The Morgan fingerprint density at radius 2 is 1.62 bits per heavy atom. The minimum atomic E-state index is -4.91. The highest BCUT2D eigenvalue weighted by atomic mass is 32.2. The van der Waals surface area contributed by atoms with Gasteiger partial charge in [0.15, 0.2) is 4.34 Å². The van der Waals surface area contributed by atoms with Crippen LogP contribution in [0.15, 0.2) is 33.1 Å². The molecule has 0 aliphatic rings. The molecular formula is C13H7F6N5S2. The maximum absolute atomic E-state index is 12.9. The fourth-order valence-corrected chi connectivity index (χ4v) is 3.58. The van der Waals surface area contributed by atoms with E-state index in [-0.39, 0.29) is 17.3 Å². The minimum absolute atomic E-state index is 0.00391. The number of alkyl halides is 6. The summed E-state index contributed by atoms with van der Waals surface area (Å²) in [5, 5.41) is 12.5. The van der Waals surface area contributed by atoms with Crippen molar-refractivity contribution < 1.29 is 26.3 Å². The molecule has 1 aromatic carbocycles. The second-order valence-electron chi connectivity index (χ2n) is 4.98. The Labute approximate surface area is 150 Å². The normalized spacial score (nSPS) is 12.6. The van der Waals surface area contributed by atoms with Crippen LogP contribution in [0.3, 0.4) is 0 Å². The number of nitrogens with zero attached hydrogens (tertiary/aromatic N) is 5. The molecule has 13 heteroatoms. The van der Waals surface area contributed by atoms with Crippen LogP contribution >= 0.6 is 23.1 Å². The summed E-state index contributed by atoms with van der Waals surface area (Å²) in [6.07, 6.45) is -9.82. The van der Waals surface area contributed by atoms with Gasteiger partial charge < -0.3 is 0 Å². The molecule has 0 bridgehead atoms. The van der Waals surface area contributed by atoms with Crippen LogP contribution in [0.1, 0.15) is 11.1 Å². The quantitative estimate of drug-likeness (QED) is 0.593. The van der Waals surface area contributed by atoms with Crippen molar-refractivity contribution in [3.05, 3.63) is 34.7 Å². The fourth-order valence-electron chi connectivity index (χ4n) is 1.93. The highest BCUT2D eigenvalue weighted by molar-refractivity contribution is 8.00. The first-order valence-electron chi connectivity index (χ1n) is 6.69. The van der Waals surface area contributed by atoms with Crippen molar-refractivity contribution in [2.24, 2.45) is 7.05 Å². The van der Waals surface area contributed by atoms with Crippen LogP contribution in [0.25, 0.3) is 11.3 Å². The molecule has 26 heavy (non-hydrogen) atoms. The lowest BCUT2D eigenvalue weighted by Crippen LogP contribution is -2.11. The SMILES string of the molecule is Cn1nnnc1Sc1nc(-c2cc(C(F)(F)F)cc(C(F)(F)F)c2)cs1. The molecule has 2 aromatic heterocycles. The summed E-state index contributed by atoms with van der Waals surface area (Å²) in [5.74, 6) is 0. The van der Waals surface area contributed by atoms with Crippen molar-refractivity contribution in [3.63, 3.8) is 0 Å². The topological polar surface area (TPSA) is 56.5 Å². The van der Waals surface area contributed by atoms with Crippen molar-refractivity contribution in [1.82, 2.24) is 25.2 Å². The number of tetrazole rings is 1. The monoisotopic (exact) mass is 411 g/mol. The Morgan fingerprint density at radius 1 is 1.00 bits per heavy atom. The van der Waals surface area contributed by atoms with Crippen molar-refractivity contribution >= 4 is 23.1 Å². The fraction of sp³-hybridized carbons (Fsp3) is 0.231. The second-order valence-corrected chi connectivity index (χ2v) is 7.05. The van der Waals surface area contributed by atoms with E-state index in [1.165, 1.54) is 10.1 Å². The minimum Gasteiger partial charge on any atom is -0.229 e. The van der Waals surface area contributed by atoms with E-state index >= 15 is 0 Å². The largest absolute Gasteiger partial charge is 0.416 e. The van der Waals surface area contributed by atoms with Gasteiger partial charge in [-0.3, -0.25) is 0 Å². The van der Waals surface area contributed by atoms with Gasteiger partial charge in [-0.05, 0) is 40.4 Å². The van der Waals surface area contributed by atoms with Crippen LogP contribution in [0.2, 0.25) is 0 Å². The van der Waals surface area contributed by atoms with E-state index in [9.17, 15) is 26.3 Å². The van der Waals surface area contributed by atoms with Crippen LogP contribution in [-0.2, 0) is 19.4 Å². The van der Waals surface area contributed by atoms with Crippen LogP contribution in [0.5, 0.6) is 0 Å². The number of hydrogen-bond donors (Lipinski definition) is 0. The summed E-state index contributed by atoms with van der Waals surface area (Å²) in [5.41, 5.74) is -3.04. The molecule has 3 rings (SSSR count). The van der Waals surface area contributed by atoms with Gasteiger partial charge in [0.25, 0.3) is 0 Å². The zero-order chi connectivity index (χ0) is 19.1. The average molecular weight is 411 g/mol. The first-order chi connectivity index (χ1) is 12.0. The Hall–Kier alpha value is -2.15. The summed E-state index contributed by atoms with van der Waals surface area (Å²) >= 11 is 2.10. The number of thiazole rings is 1. The Balaban J connectivity index is 2.00. The maximum atomic E-state index is 12.9. The molecule has 0 N–H and O–H groups in total. The third-order valence-corrected chi connectivity index (χ3v) is 5.09. The molecule has 2 heterocycles. The lowest BCUT2D eigenvalue weighted by Gasteiger charge is -2.13. The lowest BCUT2D eigenvalue weighted by atomic mass is 10.0. The molecular weight excluding hydrogens is 404 g/mol. The summed E-state index contributed by atoms with van der Waals surface area (Å²) < 4.78 is 79.4. The molecule has 0 radical (unpaired) electrons. The van der Waals surface area contributed by atoms with Gasteiger partial charge in [-0.1, -0.05) is 0 Å². The average Bonchev–Trinajstić information content (AvgIpc) is 3.15. The van der Waals surface area contributed by atoms with Gasteiger partial charge in [0, 0.05) is 18.0 Å². The third-order valence-electron chi connectivity index (χ3n) is 3.13. The van der Waals surface area contributed by atoms with Gasteiger partial charge >= 0.3 is 12.4 Å². The Bertz CT molecular complexity index is 897. The van der Waals surface area contributed by atoms with Crippen LogP contribution < -0.4 is 0 Å². The zero-order valence-electron chi connectivity index (χ0n) is 12.6. The standard InChI is InChI=1S/C13H7F6N5S2/c1-24-10(21-22-23-24)26-11-20-9(5-25-11)6-2-7(12(14,15)16)4-8(3-6)13(17,18)19/h2-5H,1H3. The number of aromatic nitrogens is 5. The molecule has 0 unspecified atom stereocenters. The van der Waals surface area contributed by atoms with Crippen LogP contribution in [0.4, 0.5) is 26.3 Å². The molecule has 0 saturated carbocycles. The van der Waals surface area contributed by atoms with Gasteiger partial charge in [-0.25, -0.2) is 9.67 Å². The predicted molar refractivity (Wildman–Crippen MR) is 80.5 cm³/mol. The first-order valence-corrected chi connectivity index (χ1v) is 8.39. The van der Waals surface area contributed by atoms with E-state index in [0.717, 1.165) is 23.1 Å². The first kappa shape index (κ1) is 18.6. The van der Waals surface area contributed by atoms with Crippen LogP contribution in [0, 0.1) is 0 Å². The Kier molecular flexibility index (Phi) is 4.69. The molecule has 0 amide bonds. The second kappa shape index (κ2) is 6.54. The smallest absolute Gasteiger partial charge is 0.229 e. The maximum Gasteiger partial charge on any atom is 0.416 e. The summed E-state index contributed by atoms with van der Waals surface area (Å²) in [7, 11) is 1.58. The predicted octanol–water partition coefficient (Wildman–Crippen LogP) is 4.52. The summed E-state index contributed by atoms with van der Waals surface area (Å²) in [6.45, 7) is 0. The number of hydrogen-bond acceptors (Lipinski definition) is 6. The number of halogens is 6. The van der Waals surface area contributed by atoms with Gasteiger partial charge in [0.1, 0.15) is 0 Å². The molecule has 0 aliphatic heterocycles. The number of aryl methyl sites for hydroxylation is 1. The third kappa shape index (κ3) is 3.98. The highest BCUT2D eigenvalue weighted by Crippen LogP contribution is 2.39. The van der Waals surface area contributed by atoms with E-state index in [2.05, 4.69) is 20.5 Å². The van der Waals surface area contributed by atoms with Gasteiger partial charge in [0.2, 0.25) is 5.16 Å². The molecule has 3 aromatic rings. The molecule has 0 saturated heterocycles. The van der Waals surface area contributed by atoms with Gasteiger partial charge in [0.05, 0.1) is 16.8 Å². The lowest BCUT2D eigenvalue weighted by molar-refractivity contribution is -0.143. The number of rotatable bonds is 3.